The van der Waals surface area contributed by atoms with Crippen LogP contribution in [0.1, 0.15) is 32.6 Å². The van der Waals surface area contributed by atoms with Crippen molar-refractivity contribution in [2.45, 2.75) is 32.6 Å². The molecule has 1 aromatic rings. The molecule has 1 aromatic carbocycles. The summed E-state index contributed by atoms with van der Waals surface area (Å²) in [4.78, 5) is 29.0. The normalized spacial score (nSPS) is 19.4. The molecule has 2 heterocycles. The lowest BCUT2D eigenvalue weighted by Crippen LogP contribution is -2.47. The van der Waals surface area contributed by atoms with Crippen LogP contribution < -0.4 is 10.1 Å². The maximum absolute atomic E-state index is 12.7. The summed E-state index contributed by atoms with van der Waals surface area (Å²) in [6, 6.07) is 9.59. The van der Waals surface area contributed by atoms with Gasteiger partial charge in [-0.3, -0.25) is 14.5 Å². The van der Waals surface area contributed by atoms with Gasteiger partial charge in [0.1, 0.15) is 12.4 Å². The maximum Gasteiger partial charge on any atom is 0.234 e. The van der Waals surface area contributed by atoms with Crippen molar-refractivity contribution in [2.24, 2.45) is 11.8 Å². The molecule has 6 nitrogen and oxygen atoms in total. The molecule has 0 unspecified atom stereocenters. The minimum Gasteiger partial charge on any atom is -0.492 e. The van der Waals surface area contributed by atoms with Crippen molar-refractivity contribution >= 4 is 11.8 Å². The Morgan fingerprint density at radius 3 is 2.39 bits per heavy atom. The molecule has 0 spiro atoms. The number of hydrogen-bond acceptors (Lipinski definition) is 4. The molecule has 2 fully saturated rings. The quantitative estimate of drug-likeness (QED) is 0.729. The molecule has 0 aromatic heterocycles. The molecule has 6 heteroatoms. The van der Waals surface area contributed by atoms with Crippen molar-refractivity contribution in [3.63, 3.8) is 0 Å². The molecule has 2 saturated heterocycles. The number of benzene rings is 1. The minimum absolute atomic E-state index is 0.0199. The van der Waals surface area contributed by atoms with Gasteiger partial charge in [0.05, 0.1) is 13.1 Å². The van der Waals surface area contributed by atoms with E-state index >= 15 is 0 Å². The molecular weight excluding hydrogens is 354 g/mol. The number of carbonyl (C=O) groups is 2. The van der Waals surface area contributed by atoms with E-state index in [1.165, 1.54) is 0 Å². The van der Waals surface area contributed by atoms with Crippen molar-refractivity contribution in [2.75, 3.05) is 45.9 Å². The third-order valence-corrected chi connectivity index (χ3v) is 5.84. The largest absolute Gasteiger partial charge is 0.492 e. The maximum atomic E-state index is 12.7. The van der Waals surface area contributed by atoms with Gasteiger partial charge in [-0.05, 0) is 56.8 Å². The van der Waals surface area contributed by atoms with Gasteiger partial charge in [0.15, 0.2) is 0 Å². The first-order valence-electron chi connectivity index (χ1n) is 10.6. The third-order valence-electron chi connectivity index (χ3n) is 5.84. The lowest BCUT2D eigenvalue weighted by Gasteiger charge is -2.36. The van der Waals surface area contributed by atoms with Crippen molar-refractivity contribution in [1.82, 2.24) is 15.1 Å². The zero-order chi connectivity index (χ0) is 19.8. The number of amides is 2. The second kappa shape index (κ2) is 10.5. The molecule has 0 saturated carbocycles. The van der Waals surface area contributed by atoms with Crippen LogP contribution in [0.15, 0.2) is 30.3 Å². The minimum atomic E-state index is 0.0199. The van der Waals surface area contributed by atoms with E-state index in [9.17, 15) is 9.59 Å². The summed E-state index contributed by atoms with van der Waals surface area (Å²) in [5.41, 5.74) is 0. The second-order valence-corrected chi connectivity index (χ2v) is 8.07. The molecule has 2 aliphatic rings. The van der Waals surface area contributed by atoms with E-state index in [1.54, 1.807) is 0 Å². The summed E-state index contributed by atoms with van der Waals surface area (Å²) in [5.74, 6) is 2.03. The number of hydrogen-bond donors (Lipinski definition) is 1. The molecule has 0 atom stereocenters. The molecule has 2 amide bonds. The number of carbonyl (C=O) groups excluding carboxylic acids is 2. The Balaban J connectivity index is 1.29. The van der Waals surface area contributed by atoms with Crippen LogP contribution in [0.5, 0.6) is 5.75 Å². The highest BCUT2D eigenvalue weighted by Gasteiger charge is 2.30. The van der Waals surface area contributed by atoms with Crippen LogP contribution in [-0.4, -0.2) is 67.5 Å². The summed E-state index contributed by atoms with van der Waals surface area (Å²) >= 11 is 0. The van der Waals surface area contributed by atoms with E-state index in [-0.39, 0.29) is 11.8 Å². The topological polar surface area (TPSA) is 61.9 Å². The fourth-order valence-corrected chi connectivity index (χ4v) is 3.96. The first kappa shape index (κ1) is 20.6. The molecular formula is C22H33N3O3. The van der Waals surface area contributed by atoms with Gasteiger partial charge in [-0.2, -0.15) is 0 Å². The second-order valence-electron chi connectivity index (χ2n) is 8.07. The number of nitrogens with zero attached hydrogens (tertiary/aromatic N) is 2. The SMILES string of the molecule is CC1CCN(C(=O)C2CCN(CC(=O)NCCOc3ccccc3)CC2)CC1. The molecule has 154 valence electrons. The average Bonchev–Trinajstić information content (AvgIpc) is 2.73. The molecule has 0 bridgehead atoms. The summed E-state index contributed by atoms with van der Waals surface area (Å²) in [6.45, 7) is 7.06. The Hall–Kier alpha value is -2.08. The fourth-order valence-electron chi connectivity index (χ4n) is 3.96. The van der Waals surface area contributed by atoms with Crippen molar-refractivity contribution in [1.29, 1.82) is 0 Å². The van der Waals surface area contributed by atoms with Gasteiger partial charge in [-0.25, -0.2) is 0 Å². The molecule has 0 aliphatic carbocycles. The summed E-state index contributed by atoms with van der Waals surface area (Å²) in [5, 5.41) is 2.91. The standard InChI is InChI=1S/C22H33N3O3/c1-18-7-14-25(15-8-18)22(27)19-9-12-24(13-10-19)17-21(26)23-11-16-28-20-5-3-2-4-6-20/h2-6,18-19H,7-17H2,1H3,(H,23,26). The van der Waals surface area contributed by atoms with Crippen LogP contribution in [0.25, 0.3) is 0 Å². The van der Waals surface area contributed by atoms with Crippen molar-refractivity contribution < 1.29 is 14.3 Å². The summed E-state index contributed by atoms with van der Waals surface area (Å²) in [6.07, 6.45) is 3.96. The van der Waals surface area contributed by atoms with Gasteiger partial charge in [-0.1, -0.05) is 25.1 Å². The van der Waals surface area contributed by atoms with Crippen LogP contribution in [0.4, 0.5) is 0 Å². The first-order chi connectivity index (χ1) is 13.6. The van der Waals surface area contributed by atoms with Gasteiger partial charge in [0.2, 0.25) is 11.8 Å². The highest BCUT2D eigenvalue weighted by atomic mass is 16.5. The Labute approximate surface area is 168 Å². The van der Waals surface area contributed by atoms with E-state index in [2.05, 4.69) is 22.0 Å². The zero-order valence-electron chi connectivity index (χ0n) is 16.9. The Kier molecular flexibility index (Phi) is 7.71. The number of piperidine rings is 2. The van der Waals surface area contributed by atoms with Gasteiger partial charge in [-0.15, -0.1) is 0 Å². The predicted molar refractivity (Wildman–Crippen MR) is 109 cm³/mol. The van der Waals surface area contributed by atoms with Gasteiger partial charge >= 0.3 is 0 Å². The monoisotopic (exact) mass is 387 g/mol. The van der Waals surface area contributed by atoms with Crippen LogP contribution in [0, 0.1) is 11.8 Å². The number of rotatable bonds is 7. The average molecular weight is 388 g/mol. The van der Waals surface area contributed by atoms with Gasteiger partial charge in [0.25, 0.3) is 0 Å². The lowest BCUT2D eigenvalue weighted by atomic mass is 9.92. The van der Waals surface area contributed by atoms with E-state index < -0.39 is 0 Å². The van der Waals surface area contributed by atoms with E-state index in [0.717, 1.165) is 63.5 Å². The smallest absolute Gasteiger partial charge is 0.234 e. The highest BCUT2D eigenvalue weighted by molar-refractivity contribution is 5.79. The number of likely N-dealkylation sites (tertiary alicyclic amines) is 2. The molecule has 3 rings (SSSR count). The van der Waals surface area contributed by atoms with Gasteiger partial charge < -0.3 is 15.0 Å². The first-order valence-corrected chi connectivity index (χ1v) is 10.6. The van der Waals surface area contributed by atoms with Crippen molar-refractivity contribution in [3.8, 4) is 5.75 Å². The third kappa shape index (κ3) is 6.23. The molecule has 28 heavy (non-hydrogen) atoms. The molecule has 1 N–H and O–H groups in total. The predicted octanol–water partition coefficient (Wildman–Crippen LogP) is 2.15. The zero-order valence-corrected chi connectivity index (χ0v) is 16.9. The fraction of sp³-hybridized carbons (Fsp3) is 0.636. The molecule has 0 radical (unpaired) electrons. The Morgan fingerprint density at radius 2 is 1.71 bits per heavy atom. The van der Waals surface area contributed by atoms with Gasteiger partial charge in [0, 0.05) is 19.0 Å². The van der Waals surface area contributed by atoms with Crippen LogP contribution in [0.3, 0.4) is 0 Å². The lowest BCUT2D eigenvalue weighted by molar-refractivity contribution is -0.138. The van der Waals surface area contributed by atoms with E-state index in [0.29, 0.717) is 25.6 Å². The van der Waals surface area contributed by atoms with Crippen LogP contribution in [-0.2, 0) is 9.59 Å². The Morgan fingerprint density at radius 1 is 1.04 bits per heavy atom. The van der Waals surface area contributed by atoms with Crippen LogP contribution >= 0.6 is 0 Å². The Bertz CT molecular complexity index is 621. The van der Waals surface area contributed by atoms with E-state index in [4.69, 9.17) is 4.74 Å². The number of ether oxygens (including phenoxy) is 1. The summed E-state index contributed by atoms with van der Waals surface area (Å²) in [7, 11) is 0. The van der Waals surface area contributed by atoms with Crippen LogP contribution in [0.2, 0.25) is 0 Å². The number of nitrogens with one attached hydrogen (secondary N) is 1. The number of para-hydroxylation sites is 1. The molecule has 2 aliphatic heterocycles. The highest BCUT2D eigenvalue weighted by Crippen LogP contribution is 2.23. The van der Waals surface area contributed by atoms with Crippen molar-refractivity contribution in [3.05, 3.63) is 30.3 Å². The van der Waals surface area contributed by atoms with E-state index in [1.807, 2.05) is 30.3 Å². The summed E-state index contributed by atoms with van der Waals surface area (Å²) < 4.78 is 5.58.